The minimum Gasteiger partial charge on any atom is -0.387 e. The number of amidine groups is 1. The highest BCUT2D eigenvalue weighted by molar-refractivity contribution is 5.82. The minimum absolute atomic E-state index is 0.142. The van der Waals surface area contributed by atoms with Gasteiger partial charge in [-0.05, 0) is 32.4 Å². The van der Waals surface area contributed by atoms with E-state index in [1.54, 1.807) is 0 Å². The number of nitrogens with one attached hydrogen (secondary N) is 1. The summed E-state index contributed by atoms with van der Waals surface area (Å²) in [5, 5.41) is 7.49. The van der Waals surface area contributed by atoms with Crippen molar-refractivity contribution in [2.75, 3.05) is 20.1 Å². The topological polar surface area (TPSA) is 53.1 Å². The molecule has 96 valence electrons. The van der Waals surface area contributed by atoms with Crippen molar-refractivity contribution in [3.63, 3.8) is 0 Å². The molecule has 0 aromatic carbocycles. The molecule has 3 heteroatoms. The molecule has 0 rings (SSSR count). The molecule has 0 aromatic rings. The van der Waals surface area contributed by atoms with E-state index in [-0.39, 0.29) is 5.41 Å². The molecular formula is C13H29N3. The molecule has 0 aliphatic carbocycles. The molecule has 0 amide bonds. The van der Waals surface area contributed by atoms with Crippen LogP contribution < -0.4 is 5.73 Å². The zero-order chi connectivity index (χ0) is 12.8. The first-order chi connectivity index (χ1) is 7.29. The van der Waals surface area contributed by atoms with Gasteiger partial charge in [0.15, 0.2) is 0 Å². The fraction of sp³-hybridized carbons (Fsp3) is 0.923. The van der Waals surface area contributed by atoms with E-state index >= 15 is 0 Å². The Balaban J connectivity index is 3.77. The van der Waals surface area contributed by atoms with Crippen LogP contribution in [0.2, 0.25) is 0 Å². The van der Waals surface area contributed by atoms with E-state index in [2.05, 4.69) is 25.8 Å². The maximum atomic E-state index is 7.49. The van der Waals surface area contributed by atoms with Crippen molar-refractivity contribution in [1.29, 1.82) is 5.41 Å². The van der Waals surface area contributed by atoms with Crippen molar-refractivity contribution in [3.05, 3.63) is 0 Å². The zero-order valence-electron chi connectivity index (χ0n) is 11.6. The normalized spacial score (nSPS) is 14.1. The summed E-state index contributed by atoms with van der Waals surface area (Å²) >= 11 is 0. The SMILES string of the molecule is CCC(C)CN(C)CCCC(C)(C)C(=N)N. The highest BCUT2D eigenvalue weighted by Crippen LogP contribution is 2.21. The molecular weight excluding hydrogens is 198 g/mol. The lowest BCUT2D eigenvalue weighted by atomic mass is 9.86. The second-order valence-corrected chi connectivity index (χ2v) is 5.68. The summed E-state index contributed by atoms with van der Waals surface area (Å²) in [6.45, 7) is 10.9. The van der Waals surface area contributed by atoms with Crippen molar-refractivity contribution >= 4 is 5.84 Å². The van der Waals surface area contributed by atoms with Gasteiger partial charge in [0.25, 0.3) is 0 Å². The van der Waals surface area contributed by atoms with Gasteiger partial charge in [-0.1, -0.05) is 34.1 Å². The third kappa shape index (κ3) is 6.11. The summed E-state index contributed by atoms with van der Waals surface area (Å²) in [4.78, 5) is 2.38. The van der Waals surface area contributed by atoms with Gasteiger partial charge in [-0.2, -0.15) is 0 Å². The maximum Gasteiger partial charge on any atom is 0.0963 e. The van der Waals surface area contributed by atoms with E-state index in [1.165, 1.54) is 6.42 Å². The van der Waals surface area contributed by atoms with Gasteiger partial charge < -0.3 is 10.6 Å². The highest BCUT2D eigenvalue weighted by atomic mass is 15.1. The molecule has 0 radical (unpaired) electrons. The van der Waals surface area contributed by atoms with Crippen LogP contribution in [-0.2, 0) is 0 Å². The Morgan fingerprint density at radius 3 is 2.44 bits per heavy atom. The van der Waals surface area contributed by atoms with Crippen LogP contribution in [0.5, 0.6) is 0 Å². The molecule has 3 N–H and O–H groups in total. The number of nitrogens with zero attached hydrogens (tertiary/aromatic N) is 1. The predicted octanol–water partition coefficient (Wildman–Crippen LogP) is 2.71. The van der Waals surface area contributed by atoms with E-state index in [1.807, 2.05) is 13.8 Å². The molecule has 0 heterocycles. The summed E-state index contributed by atoms with van der Waals surface area (Å²) in [5.41, 5.74) is 5.42. The highest BCUT2D eigenvalue weighted by Gasteiger charge is 2.20. The smallest absolute Gasteiger partial charge is 0.0963 e. The van der Waals surface area contributed by atoms with Crippen LogP contribution in [0.3, 0.4) is 0 Å². The van der Waals surface area contributed by atoms with Gasteiger partial charge in [-0.3, -0.25) is 5.41 Å². The van der Waals surface area contributed by atoms with Crippen molar-refractivity contribution < 1.29 is 0 Å². The second-order valence-electron chi connectivity index (χ2n) is 5.68. The van der Waals surface area contributed by atoms with Gasteiger partial charge in [-0.15, -0.1) is 0 Å². The van der Waals surface area contributed by atoms with Crippen molar-refractivity contribution in [2.45, 2.75) is 47.0 Å². The number of nitrogens with two attached hydrogens (primary N) is 1. The fourth-order valence-electron chi connectivity index (χ4n) is 1.68. The molecule has 0 saturated heterocycles. The molecule has 0 bridgehead atoms. The third-order valence-electron chi connectivity index (χ3n) is 3.39. The Kier molecular flexibility index (Phi) is 6.65. The van der Waals surface area contributed by atoms with Crippen LogP contribution in [0.25, 0.3) is 0 Å². The van der Waals surface area contributed by atoms with Gasteiger partial charge in [0, 0.05) is 12.0 Å². The Hall–Kier alpha value is -0.570. The quantitative estimate of drug-likeness (QED) is 0.495. The number of hydrogen-bond donors (Lipinski definition) is 2. The summed E-state index contributed by atoms with van der Waals surface area (Å²) in [6, 6.07) is 0. The van der Waals surface area contributed by atoms with Gasteiger partial charge in [0.2, 0.25) is 0 Å². The largest absolute Gasteiger partial charge is 0.387 e. The van der Waals surface area contributed by atoms with Crippen molar-refractivity contribution in [3.8, 4) is 0 Å². The van der Waals surface area contributed by atoms with Crippen LogP contribution in [0, 0.1) is 16.7 Å². The van der Waals surface area contributed by atoms with Gasteiger partial charge in [0.1, 0.15) is 0 Å². The lowest BCUT2D eigenvalue weighted by molar-refractivity contribution is 0.266. The first-order valence-corrected chi connectivity index (χ1v) is 6.32. The Morgan fingerprint density at radius 2 is 2.00 bits per heavy atom. The number of hydrogen-bond acceptors (Lipinski definition) is 2. The zero-order valence-corrected chi connectivity index (χ0v) is 11.6. The molecule has 3 nitrogen and oxygen atoms in total. The molecule has 0 saturated carbocycles. The summed E-state index contributed by atoms with van der Waals surface area (Å²) in [6.07, 6.45) is 3.34. The van der Waals surface area contributed by atoms with E-state index in [4.69, 9.17) is 11.1 Å². The van der Waals surface area contributed by atoms with E-state index < -0.39 is 0 Å². The first-order valence-electron chi connectivity index (χ1n) is 6.32. The first kappa shape index (κ1) is 15.4. The summed E-state index contributed by atoms with van der Waals surface area (Å²) < 4.78 is 0. The Labute approximate surface area is 101 Å². The van der Waals surface area contributed by atoms with E-state index in [0.29, 0.717) is 5.84 Å². The van der Waals surface area contributed by atoms with Crippen molar-refractivity contribution in [2.24, 2.45) is 17.1 Å². The second kappa shape index (κ2) is 6.89. The van der Waals surface area contributed by atoms with Gasteiger partial charge in [-0.25, -0.2) is 0 Å². The van der Waals surface area contributed by atoms with Gasteiger partial charge >= 0.3 is 0 Å². The standard InChI is InChI=1S/C13H29N3/c1-6-11(2)10-16(5)9-7-8-13(3,4)12(14)15/h11H,6-10H2,1-5H3,(H3,14,15). The molecule has 0 fully saturated rings. The fourth-order valence-corrected chi connectivity index (χ4v) is 1.68. The molecule has 0 spiro atoms. The average Bonchev–Trinajstić information content (AvgIpc) is 2.16. The average molecular weight is 227 g/mol. The third-order valence-corrected chi connectivity index (χ3v) is 3.39. The lowest BCUT2D eigenvalue weighted by Gasteiger charge is -2.25. The molecule has 0 aliphatic rings. The van der Waals surface area contributed by atoms with Crippen molar-refractivity contribution in [1.82, 2.24) is 4.90 Å². The summed E-state index contributed by atoms with van der Waals surface area (Å²) in [5.74, 6) is 1.07. The van der Waals surface area contributed by atoms with Crippen LogP contribution in [-0.4, -0.2) is 30.9 Å². The van der Waals surface area contributed by atoms with E-state index in [9.17, 15) is 0 Å². The van der Waals surface area contributed by atoms with Crippen LogP contribution in [0.4, 0.5) is 0 Å². The molecule has 0 aliphatic heterocycles. The van der Waals surface area contributed by atoms with Crippen LogP contribution >= 0.6 is 0 Å². The Morgan fingerprint density at radius 1 is 1.44 bits per heavy atom. The minimum atomic E-state index is -0.142. The predicted molar refractivity (Wildman–Crippen MR) is 71.9 cm³/mol. The summed E-state index contributed by atoms with van der Waals surface area (Å²) in [7, 11) is 2.17. The van der Waals surface area contributed by atoms with Crippen LogP contribution in [0.1, 0.15) is 47.0 Å². The lowest BCUT2D eigenvalue weighted by Crippen LogP contribution is -2.32. The van der Waals surface area contributed by atoms with Crippen LogP contribution in [0.15, 0.2) is 0 Å². The molecule has 1 atom stereocenters. The number of rotatable bonds is 8. The maximum absolute atomic E-state index is 7.49. The van der Waals surface area contributed by atoms with E-state index in [0.717, 1.165) is 31.8 Å². The Bertz CT molecular complexity index is 211. The molecule has 0 aromatic heterocycles. The van der Waals surface area contributed by atoms with Gasteiger partial charge in [0.05, 0.1) is 5.84 Å². The monoisotopic (exact) mass is 227 g/mol. The molecule has 1 unspecified atom stereocenters. The molecule has 16 heavy (non-hydrogen) atoms.